The van der Waals surface area contributed by atoms with E-state index in [0.29, 0.717) is 12.1 Å². The van der Waals surface area contributed by atoms with Crippen molar-refractivity contribution in [1.82, 2.24) is 15.5 Å². The quantitative estimate of drug-likeness (QED) is 0.372. The Hall–Kier alpha value is -0.530. The van der Waals surface area contributed by atoms with Crippen molar-refractivity contribution in [1.29, 1.82) is 0 Å². The van der Waals surface area contributed by atoms with Gasteiger partial charge in [-0.25, -0.2) is 0 Å². The molecule has 140 valence electrons. The molecule has 24 heavy (non-hydrogen) atoms. The third-order valence-electron chi connectivity index (χ3n) is 4.86. The van der Waals surface area contributed by atoms with Gasteiger partial charge in [0.2, 0.25) is 5.91 Å². The van der Waals surface area contributed by atoms with Crippen LogP contribution in [0, 0.1) is 11.8 Å². The number of amides is 1. The minimum atomic E-state index is 0. The Labute approximate surface area is 164 Å². The summed E-state index contributed by atoms with van der Waals surface area (Å²) >= 11 is 0. The van der Waals surface area contributed by atoms with Crippen molar-refractivity contribution < 1.29 is 4.79 Å². The number of guanidine groups is 1. The molecule has 1 heterocycles. The average molecular weight is 450 g/mol. The predicted octanol–water partition coefficient (Wildman–Crippen LogP) is 3.00. The number of likely N-dealkylation sites (tertiary alicyclic amines) is 1. The van der Waals surface area contributed by atoms with E-state index in [2.05, 4.69) is 29.5 Å². The lowest BCUT2D eigenvalue weighted by atomic mass is 10.0. The molecule has 1 aliphatic heterocycles. The van der Waals surface area contributed by atoms with Crippen LogP contribution in [-0.4, -0.2) is 48.5 Å². The van der Waals surface area contributed by atoms with Crippen LogP contribution in [0.3, 0.4) is 0 Å². The van der Waals surface area contributed by atoms with Crippen LogP contribution < -0.4 is 10.6 Å². The molecule has 1 saturated heterocycles. The van der Waals surface area contributed by atoms with Crippen LogP contribution in [0.15, 0.2) is 4.99 Å². The third kappa shape index (κ3) is 6.41. The summed E-state index contributed by atoms with van der Waals surface area (Å²) in [4.78, 5) is 18.6. The molecular formula is C18H35IN4O. The smallest absolute Gasteiger partial charge is 0.225 e. The zero-order valence-corrected chi connectivity index (χ0v) is 18.0. The summed E-state index contributed by atoms with van der Waals surface area (Å²) in [7, 11) is 0. The van der Waals surface area contributed by atoms with Crippen LogP contribution in [0.4, 0.5) is 0 Å². The Morgan fingerprint density at radius 1 is 1.21 bits per heavy atom. The first-order chi connectivity index (χ1) is 11.0. The molecule has 2 aliphatic rings. The highest BCUT2D eigenvalue weighted by Crippen LogP contribution is 2.34. The Morgan fingerprint density at radius 2 is 1.88 bits per heavy atom. The number of rotatable bonds is 6. The lowest BCUT2D eigenvalue weighted by molar-refractivity contribution is -0.135. The number of carbonyl (C=O) groups is 1. The molecule has 0 radical (unpaired) electrons. The minimum absolute atomic E-state index is 0. The maximum absolute atomic E-state index is 12.1. The van der Waals surface area contributed by atoms with E-state index in [1.807, 2.05) is 18.7 Å². The van der Waals surface area contributed by atoms with E-state index < -0.39 is 0 Å². The van der Waals surface area contributed by atoms with Crippen LogP contribution in [0.25, 0.3) is 0 Å². The fourth-order valence-electron chi connectivity index (χ4n) is 3.38. The first-order valence-corrected chi connectivity index (χ1v) is 9.41. The number of piperidine rings is 1. The monoisotopic (exact) mass is 450 g/mol. The van der Waals surface area contributed by atoms with Crippen molar-refractivity contribution in [2.24, 2.45) is 16.8 Å². The van der Waals surface area contributed by atoms with Gasteiger partial charge in [-0.15, -0.1) is 24.0 Å². The van der Waals surface area contributed by atoms with Crippen LogP contribution in [0.5, 0.6) is 0 Å². The van der Waals surface area contributed by atoms with E-state index in [1.54, 1.807) is 0 Å². The highest BCUT2D eigenvalue weighted by atomic mass is 127. The zero-order valence-electron chi connectivity index (χ0n) is 15.7. The maximum Gasteiger partial charge on any atom is 0.225 e. The summed E-state index contributed by atoms with van der Waals surface area (Å²) in [6.07, 6.45) is 5.86. The lowest BCUT2D eigenvalue weighted by Crippen LogP contribution is -2.51. The van der Waals surface area contributed by atoms with E-state index in [0.717, 1.165) is 44.4 Å². The van der Waals surface area contributed by atoms with Crippen LogP contribution in [-0.2, 0) is 4.79 Å². The second-order valence-corrected chi connectivity index (χ2v) is 7.26. The van der Waals surface area contributed by atoms with Gasteiger partial charge in [-0.2, -0.15) is 0 Å². The molecule has 0 aromatic carbocycles. The Balaban J connectivity index is 0.00000288. The third-order valence-corrected chi connectivity index (χ3v) is 4.86. The largest absolute Gasteiger partial charge is 0.354 e. The highest BCUT2D eigenvalue weighted by molar-refractivity contribution is 14.0. The second kappa shape index (κ2) is 10.5. The van der Waals surface area contributed by atoms with Gasteiger partial charge in [0.1, 0.15) is 0 Å². The minimum Gasteiger partial charge on any atom is -0.354 e. The Kier molecular flexibility index (Phi) is 9.37. The van der Waals surface area contributed by atoms with Gasteiger partial charge in [0, 0.05) is 37.6 Å². The fourth-order valence-corrected chi connectivity index (χ4v) is 3.38. The molecule has 1 aliphatic carbocycles. The van der Waals surface area contributed by atoms with Gasteiger partial charge in [0.25, 0.3) is 0 Å². The summed E-state index contributed by atoms with van der Waals surface area (Å²) in [6, 6.07) is 1.03. The van der Waals surface area contributed by atoms with E-state index in [-0.39, 0.29) is 35.8 Å². The highest BCUT2D eigenvalue weighted by Gasteiger charge is 2.37. The lowest BCUT2D eigenvalue weighted by Gasteiger charge is -2.34. The predicted molar refractivity (Wildman–Crippen MR) is 111 cm³/mol. The molecule has 0 aromatic heterocycles. The molecule has 2 unspecified atom stereocenters. The van der Waals surface area contributed by atoms with Crippen molar-refractivity contribution in [3.8, 4) is 0 Å². The van der Waals surface area contributed by atoms with Crippen molar-refractivity contribution in [2.45, 2.75) is 71.9 Å². The van der Waals surface area contributed by atoms with E-state index >= 15 is 0 Å². The summed E-state index contributed by atoms with van der Waals surface area (Å²) in [5, 5.41) is 7.17. The normalized spacial score (nSPS) is 24.5. The number of aliphatic imine (C=N–C) groups is 1. The molecule has 1 amide bonds. The van der Waals surface area contributed by atoms with Gasteiger partial charge in [-0.3, -0.25) is 9.79 Å². The summed E-state index contributed by atoms with van der Waals surface area (Å²) in [6.45, 7) is 10.8. The fraction of sp³-hybridized carbons (Fsp3) is 0.889. The number of hydrogen-bond acceptors (Lipinski definition) is 2. The molecule has 1 saturated carbocycles. The van der Waals surface area contributed by atoms with Crippen molar-refractivity contribution >= 4 is 35.8 Å². The first kappa shape index (κ1) is 21.5. The van der Waals surface area contributed by atoms with Crippen LogP contribution >= 0.6 is 24.0 Å². The first-order valence-electron chi connectivity index (χ1n) is 9.41. The van der Waals surface area contributed by atoms with Crippen LogP contribution in [0.2, 0.25) is 0 Å². The molecule has 2 N–H and O–H groups in total. The number of nitrogens with one attached hydrogen (secondary N) is 2. The van der Waals surface area contributed by atoms with Gasteiger partial charge in [0.05, 0.1) is 0 Å². The van der Waals surface area contributed by atoms with Gasteiger partial charge in [-0.1, -0.05) is 27.2 Å². The van der Waals surface area contributed by atoms with E-state index in [9.17, 15) is 4.79 Å². The Morgan fingerprint density at radius 3 is 2.42 bits per heavy atom. The number of carbonyl (C=O) groups excluding carboxylic acids is 1. The van der Waals surface area contributed by atoms with Gasteiger partial charge in [-0.05, 0) is 38.5 Å². The summed E-state index contributed by atoms with van der Waals surface area (Å²) in [5.41, 5.74) is 0. The molecule has 0 aromatic rings. The number of hydrogen-bond donors (Lipinski definition) is 2. The maximum atomic E-state index is 12.1. The van der Waals surface area contributed by atoms with Gasteiger partial charge in [0.15, 0.2) is 5.96 Å². The second-order valence-electron chi connectivity index (χ2n) is 7.26. The van der Waals surface area contributed by atoms with Crippen molar-refractivity contribution in [3.05, 3.63) is 0 Å². The number of nitrogens with zero attached hydrogens (tertiary/aromatic N) is 2. The van der Waals surface area contributed by atoms with E-state index in [1.165, 1.54) is 19.3 Å². The molecule has 6 heteroatoms. The topological polar surface area (TPSA) is 56.7 Å². The average Bonchev–Trinajstić information content (AvgIpc) is 3.25. The molecule has 2 rings (SSSR count). The Bertz CT molecular complexity index is 419. The zero-order chi connectivity index (χ0) is 16.8. The molecule has 0 spiro atoms. The summed E-state index contributed by atoms with van der Waals surface area (Å²) in [5.74, 6) is 2.17. The van der Waals surface area contributed by atoms with E-state index in [4.69, 9.17) is 0 Å². The SMILES string of the molecule is CCCC1CC1NC(=NCC)NC1CCN(C(=O)C(C)C)CC1.I. The van der Waals surface area contributed by atoms with Gasteiger partial charge >= 0.3 is 0 Å². The molecule has 0 bridgehead atoms. The van der Waals surface area contributed by atoms with Gasteiger partial charge < -0.3 is 15.5 Å². The van der Waals surface area contributed by atoms with Crippen LogP contribution in [0.1, 0.15) is 59.8 Å². The molecule has 5 nitrogen and oxygen atoms in total. The standard InChI is InChI=1S/C18H34N4O.HI/c1-5-7-14-12-16(14)21-18(19-6-2)20-15-8-10-22(11-9-15)17(23)13(3)4;/h13-16H,5-12H2,1-4H3,(H2,19,20,21);1H. The van der Waals surface area contributed by atoms with Crippen molar-refractivity contribution in [2.75, 3.05) is 19.6 Å². The number of halogens is 1. The molecular weight excluding hydrogens is 415 g/mol. The molecule has 2 atom stereocenters. The summed E-state index contributed by atoms with van der Waals surface area (Å²) < 4.78 is 0. The molecule has 2 fully saturated rings. The van der Waals surface area contributed by atoms with Crippen molar-refractivity contribution in [3.63, 3.8) is 0 Å².